The Labute approximate surface area is 93.6 Å². The Morgan fingerprint density at radius 1 is 1.53 bits per heavy atom. The van der Waals surface area contributed by atoms with Crippen LogP contribution in [0.2, 0.25) is 5.02 Å². The van der Waals surface area contributed by atoms with E-state index in [-0.39, 0.29) is 18.0 Å². The Morgan fingerprint density at radius 2 is 2.27 bits per heavy atom. The van der Waals surface area contributed by atoms with Gasteiger partial charge in [-0.05, 0) is 30.2 Å². The molecule has 0 saturated carbocycles. The summed E-state index contributed by atoms with van der Waals surface area (Å²) in [5.41, 5.74) is 0.656. The van der Waals surface area contributed by atoms with Crippen molar-refractivity contribution >= 4 is 17.4 Å². The fraction of sp³-hybridized carbons (Fsp3) is 0.250. The highest BCUT2D eigenvalue weighted by Crippen LogP contribution is 2.17. The van der Waals surface area contributed by atoms with Gasteiger partial charge in [-0.25, -0.2) is 4.39 Å². The molecular weight excluding hydrogens is 215 g/mol. The molecule has 15 heavy (non-hydrogen) atoms. The van der Waals surface area contributed by atoms with Crippen molar-refractivity contribution in [2.24, 2.45) is 0 Å². The van der Waals surface area contributed by atoms with E-state index in [4.69, 9.17) is 11.6 Å². The first-order valence-electron chi connectivity index (χ1n) is 4.76. The number of allylic oxidation sites excluding steroid dienone is 2. The second-order valence-electron chi connectivity index (χ2n) is 3.19. The first-order chi connectivity index (χ1) is 7.13. The minimum atomic E-state index is -0.389. The molecule has 0 bridgehead atoms. The molecular formula is C12H12ClFO. The summed E-state index contributed by atoms with van der Waals surface area (Å²) in [4.78, 5) is 11.4. The van der Waals surface area contributed by atoms with Crippen LogP contribution in [0.3, 0.4) is 0 Å². The Hall–Kier alpha value is -1.15. The average Bonchev–Trinajstić information content (AvgIpc) is 2.19. The predicted molar refractivity (Wildman–Crippen MR) is 59.6 cm³/mol. The largest absolute Gasteiger partial charge is 0.294 e. The average molecular weight is 227 g/mol. The van der Waals surface area contributed by atoms with Gasteiger partial charge in [0.2, 0.25) is 0 Å². The van der Waals surface area contributed by atoms with Gasteiger partial charge in [0.15, 0.2) is 5.78 Å². The van der Waals surface area contributed by atoms with E-state index < -0.39 is 0 Å². The fourth-order valence-electron chi connectivity index (χ4n) is 1.16. The summed E-state index contributed by atoms with van der Waals surface area (Å²) in [5.74, 6) is -0.411. The summed E-state index contributed by atoms with van der Waals surface area (Å²) < 4.78 is 12.7. The van der Waals surface area contributed by atoms with Gasteiger partial charge in [0, 0.05) is 11.4 Å². The lowest BCUT2D eigenvalue weighted by Crippen LogP contribution is -1.99. The molecule has 80 valence electrons. The van der Waals surface area contributed by atoms with E-state index in [1.807, 2.05) is 6.92 Å². The third-order valence-electron chi connectivity index (χ3n) is 1.92. The molecule has 0 fully saturated rings. The number of rotatable bonds is 4. The molecule has 0 saturated heterocycles. The fourth-order valence-corrected chi connectivity index (χ4v) is 1.40. The van der Waals surface area contributed by atoms with Crippen LogP contribution in [0.4, 0.5) is 4.39 Å². The lowest BCUT2D eigenvalue weighted by Gasteiger charge is -2.01. The number of halogens is 2. The van der Waals surface area contributed by atoms with Gasteiger partial charge in [-0.15, -0.1) is 0 Å². The predicted octanol–water partition coefficient (Wildman–Crippen LogP) is 3.56. The zero-order valence-electron chi connectivity index (χ0n) is 8.47. The Balaban J connectivity index is 2.72. The van der Waals surface area contributed by atoms with E-state index in [9.17, 15) is 9.18 Å². The van der Waals surface area contributed by atoms with Crippen molar-refractivity contribution in [2.45, 2.75) is 19.8 Å². The van der Waals surface area contributed by atoms with E-state index in [0.29, 0.717) is 10.6 Å². The van der Waals surface area contributed by atoms with Gasteiger partial charge >= 0.3 is 0 Å². The van der Waals surface area contributed by atoms with Crippen molar-refractivity contribution in [3.8, 4) is 0 Å². The molecule has 0 heterocycles. The smallest absolute Gasteiger partial charge is 0.159 e. The van der Waals surface area contributed by atoms with Crippen molar-refractivity contribution in [3.63, 3.8) is 0 Å². The maximum Gasteiger partial charge on any atom is 0.159 e. The van der Waals surface area contributed by atoms with Gasteiger partial charge in [0.25, 0.3) is 0 Å². The Bertz CT molecular complexity index is 385. The van der Waals surface area contributed by atoms with E-state index in [1.54, 1.807) is 6.08 Å². The molecule has 0 atom stereocenters. The quantitative estimate of drug-likeness (QED) is 0.718. The van der Waals surface area contributed by atoms with Gasteiger partial charge in [0.1, 0.15) is 5.82 Å². The van der Waals surface area contributed by atoms with Crippen LogP contribution in [0.1, 0.15) is 18.9 Å². The molecule has 0 radical (unpaired) electrons. The highest BCUT2D eigenvalue weighted by molar-refractivity contribution is 6.31. The maximum atomic E-state index is 12.7. The zero-order chi connectivity index (χ0) is 11.3. The van der Waals surface area contributed by atoms with Crippen molar-refractivity contribution < 1.29 is 9.18 Å². The molecule has 1 aromatic rings. The van der Waals surface area contributed by atoms with Gasteiger partial charge in [-0.3, -0.25) is 4.79 Å². The van der Waals surface area contributed by atoms with Gasteiger partial charge in [0.05, 0.1) is 0 Å². The third-order valence-corrected chi connectivity index (χ3v) is 2.27. The monoisotopic (exact) mass is 226 g/mol. The summed E-state index contributed by atoms with van der Waals surface area (Å²) in [5, 5.41) is 0.299. The molecule has 0 N–H and O–H groups in total. The van der Waals surface area contributed by atoms with Crippen LogP contribution in [0.5, 0.6) is 0 Å². The normalized spacial score (nSPS) is 10.9. The molecule has 0 aliphatic carbocycles. The molecule has 0 spiro atoms. The van der Waals surface area contributed by atoms with Crippen LogP contribution in [0.15, 0.2) is 30.4 Å². The molecule has 0 amide bonds. The first kappa shape index (κ1) is 11.9. The van der Waals surface area contributed by atoms with Crippen molar-refractivity contribution in [1.29, 1.82) is 0 Å². The summed E-state index contributed by atoms with van der Waals surface area (Å²) in [7, 11) is 0. The van der Waals surface area contributed by atoms with Crippen molar-refractivity contribution in [1.82, 2.24) is 0 Å². The maximum absolute atomic E-state index is 12.7. The third kappa shape index (κ3) is 3.84. The van der Waals surface area contributed by atoms with Crippen LogP contribution in [-0.4, -0.2) is 5.78 Å². The van der Waals surface area contributed by atoms with Gasteiger partial charge in [-0.2, -0.15) is 0 Å². The Morgan fingerprint density at radius 3 is 2.87 bits per heavy atom. The summed E-state index contributed by atoms with van der Waals surface area (Å²) >= 11 is 5.79. The Kier molecular flexibility index (Phi) is 4.50. The second kappa shape index (κ2) is 5.66. The van der Waals surface area contributed by atoms with Crippen LogP contribution in [0.25, 0.3) is 0 Å². The van der Waals surface area contributed by atoms with E-state index in [2.05, 4.69) is 0 Å². The molecule has 1 rings (SSSR count). The van der Waals surface area contributed by atoms with Crippen molar-refractivity contribution in [2.75, 3.05) is 0 Å². The topological polar surface area (TPSA) is 17.1 Å². The molecule has 0 unspecified atom stereocenters. The number of carbonyl (C=O) groups excluding carboxylic acids is 1. The standard InChI is InChI=1S/C12H12ClFO/c1-2-3-4-11(15)7-9-5-6-10(14)8-12(9)13/h3-6,8H,2,7H2,1H3/b4-3+. The SMILES string of the molecule is CC/C=C/C(=O)Cc1ccc(F)cc1Cl. The molecule has 0 aliphatic heterocycles. The number of ketones is 1. The highest BCUT2D eigenvalue weighted by Gasteiger charge is 2.05. The molecule has 0 aliphatic rings. The van der Waals surface area contributed by atoms with E-state index >= 15 is 0 Å². The van der Waals surface area contributed by atoms with Crippen LogP contribution >= 0.6 is 11.6 Å². The second-order valence-corrected chi connectivity index (χ2v) is 3.60. The minimum absolute atomic E-state index is 0.0228. The summed E-state index contributed by atoms with van der Waals surface area (Å²) in [6.07, 6.45) is 4.36. The van der Waals surface area contributed by atoms with E-state index in [1.165, 1.54) is 24.3 Å². The lowest BCUT2D eigenvalue weighted by molar-refractivity contribution is -0.114. The van der Waals surface area contributed by atoms with Gasteiger partial charge in [-0.1, -0.05) is 30.7 Å². The first-order valence-corrected chi connectivity index (χ1v) is 5.14. The number of hydrogen-bond acceptors (Lipinski definition) is 1. The number of hydrogen-bond donors (Lipinski definition) is 0. The van der Waals surface area contributed by atoms with Crippen LogP contribution in [0, 0.1) is 5.82 Å². The molecule has 3 heteroatoms. The summed E-state index contributed by atoms with van der Waals surface area (Å²) in [6, 6.07) is 4.06. The number of benzene rings is 1. The van der Waals surface area contributed by atoms with Gasteiger partial charge < -0.3 is 0 Å². The summed E-state index contributed by atoms with van der Waals surface area (Å²) in [6.45, 7) is 1.95. The molecule has 1 nitrogen and oxygen atoms in total. The zero-order valence-corrected chi connectivity index (χ0v) is 9.22. The minimum Gasteiger partial charge on any atom is -0.294 e. The highest BCUT2D eigenvalue weighted by atomic mass is 35.5. The number of carbonyl (C=O) groups is 1. The van der Waals surface area contributed by atoms with Crippen LogP contribution < -0.4 is 0 Å². The molecule has 0 aromatic heterocycles. The molecule has 1 aromatic carbocycles. The van der Waals surface area contributed by atoms with Crippen LogP contribution in [-0.2, 0) is 11.2 Å². The van der Waals surface area contributed by atoms with Crippen molar-refractivity contribution in [3.05, 3.63) is 46.8 Å². The lowest BCUT2D eigenvalue weighted by atomic mass is 10.1. The van der Waals surface area contributed by atoms with E-state index in [0.717, 1.165) is 6.42 Å².